The van der Waals surface area contributed by atoms with Crippen molar-refractivity contribution in [1.82, 2.24) is 4.90 Å². The fraction of sp³-hybridized carbons (Fsp3) is 0.391. The molecule has 0 spiro atoms. The first-order valence-corrected chi connectivity index (χ1v) is 9.87. The highest BCUT2D eigenvalue weighted by Crippen LogP contribution is 2.31. The minimum absolute atomic E-state index is 0.101. The number of carbonyl (C=O) groups excluding carboxylic acids is 2. The first-order valence-electron chi connectivity index (χ1n) is 9.87. The summed E-state index contributed by atoms with van der Waals surface area (Å²) in [5.41, 5.74) is 2.86. The van der Waals surface area contributed by atoms with Crippen LogP contribution < -0.4 is 10.1 Å². The molecule has 5 heteroatoms. The van der Waals surface area contributed by atoms with Gasteiger partial charge in [0.25, 0.3) is 0 Å². The van der Waals surface area contributed by atoms with Crippen molar-refractivity contribution in [3.63, 3.8) is 0 Å². The molecule has 28 heavy (non-hydrogen) atoms. The van der Waals surface area contributed by atoms with Crippen LogP contribution in [0.1, 0.15) is 49.8 Å². The second-order valence-corrected chi connectivity index (χ2v) is 7.28. The topological polar surface area (TPSA) is 58.6 Å². The van der Waals surface area contributed by atoms with Crippen LogP contribution in [0.15, 0.2) is 48.5 Å². The number of hydrogen-bond acceptors (Lipinski definition) is 3. The Morgan fingerprint density at radius 3 is 2.39 bits per heavy atom. The maximum Gasteiger partial charge on any atom is 0.227 e. The predicted molar refractivity (Wildman–Crippen MR) is 110 cm³/mol. The first kappa shape index (κ1) is 19.9. The van der Waals surface area contributed by atoms with Crippen LogP contribution in [0.5, 0.6) is 5.75 Å². The van der Waals surface area contributed by atoms with E-state index in [1.807, 2.05) is 41.3 Å². The van der Waals surface area contributed by atoms with Crippen LogP contribution in [-0.4, -0.2) is 30.4 Å². The summed E-state index contributed by atoms with van der Waals surface area (Å²) in [6.07, 6.45) is 4.68. The van der Waals surface area contributed by atoms with E-state index in [0.29, 0.717) is 6.42 Å². The summed E-state index contributed by atoms with van der Waals surface area (Å²) in [5, 5.41) is 2.75. The average Bonchev–Trinajstić information content (AvgIpc) is 2.95. The van der Waals surface area contributed by atoms with E-state index < -0.39 is 0 Å². The normalized spacial score (nSPS) is 16.9. The highest BCUT2D eigenvalue weighted by atomic mass is 16.5. The van der Waals surface area contributed by atoms with Crippen LogP contribution >= 0.6 is 0 Å². The quantitative estimate of drug-likeness (QED) is 0.839. The van der Waals surface area contributed by atoms with Crippen molar-refractivity contribution in [1.29, 1.82) is 0 Å². The number of methoxy groups -OCH3 is 1. The molecule has 0 aromatic heterocycles. The molecule has 1 aliphatic heterocycles. The van der Waals surface area contributed by atoms with Gasteiger partial charge in [-0.3, -0.25) is 9.59 Å². The molecule has 2 aromatic rings. The molecule has 2 aromatic carbocycles. The number of nitrogens with zero attached hydrogens (tertiary/aromatic N) is 1. The number of amides is 2. The summed E-state index contributed by atoms with van der Waals surface area (Å²) in [6, 6.07) is 15.7. The lowest BCUT2D eigenvalue weighted by Gasteiger charge is -2.31. The molecule has 1 N–H and O–H groups in total. The molecule has 5 nitrogen and oxygen atoms in total. The molecule has 0 aliphatic carbocycles. The van der Waals surface area contributed by atoms with E-state index >= 15 is 0 Å². The first-order chi connectivity index (χ1) is 13.6. The van der Waals surface area contributed by atoms with E-state index in [-0.39, 0.29) is 17.9 Å². The molecule has 1 atom stereocenters. The van der Waals surface area contributed by atoms with Crippen LogP contribution in [0.2, 0.25) is 0 Å². The Hall–Kier alpha value is -2.82. The lowest BCUT2D eigenvalue weighted by atomic mass is 10.00. The van der Waals surface area contributed by atoms with Crippen molar-refractivity contribution >= 4 is 17.5 Å². The monoisotopic (exact) mass is 380 g/mol. The standard InChI is InChI=1S/C23H28N2O3/c1-17(26)24-20-11-7-18(8-12-20)16-23(27)25-15-5-3-4-6-22(25)19-9-13-21(28-2)14-10-19/h7-14,22H,3-6,15-16H2,1-2H3,(H,24,26). The van der Waals surface area contributed by atoms with Crippen LogP contribution in [0.25, 0.3) is 0 Å². The number of nitrogens with one attached hydrogen (secondary N) is 1. The van der Waals surface area contributed by atoms with Crippen molar-refractivity contribution in [2.24, 2.45) is 0 Å². The number of rotatable bonds is 5. The minimum Gasteiger partial charge on any atom is -0.497 e. The summed E-state index contributed by atoms with van der Waals surface area (Å²) in [4.78, 5) is 26.3. The van der Waals surface area contributed by atoms with E-state index in [1.54, 1.807) is 7.11 Å². The van der Waals surface area contributed by atoms with Crippen LogP contribution in [0, 0.1) is 0 Å². The molecule has 0 radical (unpaired) electrons. The molecule has 3 rings (SSSR count). The Balaban J connectivity index is 1.73. The number of hydrogen-bond donors (Lipinski definition) is 1. The van der Waals surface area contributed by atoms with E-state index in [2.05, 4.69) is 17.4 Å². The zero-order valence-corrected chi connectivity index (χ0v) is 16.6. The molecule has 1 heterocycles. The Morgan fingerprint density at radius 1 is 1.04 bits per heavy atom. The van der Waals surface area contributed by atoms with Gasteiger partial charge in [0.2, 0.25) is 11.8 Å². The summed E-state index contributed by atoms with van der Waals surface area (Å²) < 4.78 is 5.26. The molecule has 0 saturated carbocycles. The van der Waals surface area contributed by atoms with Crippen molar-refractivity contribution in [3.8, 4) is 5.75 Å². The van der Waals surface area contributed by atoms with Crippen molar-refractivity contribution in [2.45, 2.75) is 45.1 Å². The van der Waals surface area contributed by atoms with E-state index in [4.69, 9.17) is 4.74 Å². The van der Waals surface area contributed by atoms with Gasteiger partial charge in [-0.15, -0.1) is 0 Å². The lowest BCUT2D eigenvalue weighted by Crippen LogP contribution is -2.35. The molecule has 0 bridgehead atoms. The molecular formula is C23H28N2O3. The summed E-state index contributed by atoms with van der Waals surface area (Å²) in [7, 11) is 1.66. The van der Waals surface area contributed by atoms with Crippen LogP contribution in [0.3, 0.4) is 0 Å². The van der Waals surface area contributed by atoms with Gasteiger partial charge in [-0.2, -0.15) is 0 Å². The third-order valence-electron chi connectivity index (χ3n) is 5.20. The molecule has 2 amide bonds. The van der Waals surface area contributed by atoms with Gasteiger partial charge in [0.05, 0.1) is 19.6 Å². The number of carbonyl (C=O) groups is 2. The molecule has 1 aliphatic rings. The SMILES string of the molecule is COc1ccc(C2CCCCCN2C(=O)Cc2ccc(NC(C)=O)cc2)cc1. The molecule has 1 unspecified atom stereocenters. The summed E-state index contributed by atoms with van der Waals surface area (Å²) in [6.45, 7) is 2.27. The Morgan fingerprint density at radius 2 is 1.75 bits per heavy atom. The highest BCUT2D eigenvalue weighted by Gasteiger charge is 2.26. The number of ether oxygens (including phenoxy) is 1. The van der Waals surface area contributed by atoms with Gasteiger partial charge in [0, 0.05) is 19.2 Å². The Bertz CT molecular complexity index is 800. The van der Waals surface area contributed by atoms with E-state index in [9.17, 15) is 9.59 Å². The van der Waals surface area contributed by atoms with Gasteiger partial charge >= 0.3 is 0 Å². The lowest BCUT2D eigenvalue weighted by molar-refractivity contribution is -0.133. The third kappa shape index (κ3) is 5.12. The fourth-order valence-electron chi connectivity index (χ4n) is 3.76. The van der Waals surface area contributed by atoms with Crippen LogP contribution in [-0.2, 0) is 16.0 Å². The van der Waals surface area contributed by atoms with E-state index in [0.717, 1.165) is 54.8 Å². The predicted octanol–water partition coefficient (Wildman–Crippen LogP) is 4.34. The maximum absolute atomic E-state index is 13.1. The number of likely N-dealkylation sites (tertiary alicyclic amines) is 1. The zero-order valence-electron chi connectivity index (χ0n) is 16.6. The van der Waals surface area contributed by atoms with Crippen molar-refractivity contribution < 1.29 is 14.3 Å². The molecule has 1 fully saturated rings. The fourth-order valence-corrected chi connectivity index (χ4v) is 3.76. The number of benzene rings is 2. The van der Waals surface area contributed by atoms with Gasteiger partial charge in [-0.1, -0.05) is 37.1 Å². The van der Waals surface area contributed by atoms with E-state index in [1.165, 1.54) is 6.92 Å². The molecule has 1 saturated heterocycles. The Kier molecular flexibility index (Phi) is 6.69. The largest absolute Gasteiger partial charge is 0.497 e. The highest BCUT2D eigenvalue weighted by molar-refractivity contribution is 5.88. The molecule has 148 valence electrons. The summed E-state index contributed by atoms with van der Waals surface area (Å²) >= 11 is 0. The molecular weight excluding hydrogens is 352 g/mol. The summed E-state index contributed by atoms with van der Waals surface area (Å²) in [5.74, 6) is 0.875. The average molecular weight is 380 g/mol. The van der Waals surface area contributed by atoms with Gasteiger partial charge in [-0.25, -0.2) is 0 Å². The Labute approximate surface area is 166 Å². The number of anilines is 1. The van der Waals surface area contributed by atoms with Crippen molar-refractivity contribution in [3.05, 3.63) is 59.7 Å². The zero-order chi connectivity index (χ0) is 19.9. The second kappa shape index (κ2) is 9.40. The van der Waals surface area contributed by atoms with Gasteiger partial charge in [0.15, 0.2) is 0 Å². The van der Waals surface area contributed by atoms with Gasteiger partial charge in [0.1, 0.15) is 5.75 Å². The van der Waals surface area contributed by atoms with Gasteiger partial charge < -0.3 is 15.0 Å². The third-order valence-corrected chi connectivity index (χ3v) is 5.20. The minimum atomic E-state index is -0.101. The maximum atomic E-state index is 13.1. The van der Waals surface area contributed by atoms with Gasteiger partial charge in [-0.05, 0) is 48.2 Å². The second-order valence-electron chi connectivity index (χ2n) is 7.28. The van der Waals surface area contributed by atoms with Crippen LogP contribution in [0.4, 0.5) is 5.69 Å². The van der Waals surface area contributed by atoms with Crippen molar-refractivity contribution in [2.75, 3.05) is 19.0 Å². The smallest absolute Gasteiger partial charge is 0.227 e.